The van der Waals surface area contributed by atoms with E-state index in [2.05, 4.69) is 0 Å². The number of carbonyl (C=O) groups is 3. The predicted octanol–water partition coefficient (Wildman–Crippen LogP) is -0.871. The zero-order valence-corrected chi connectivity index (χ0v) is 10.4. The lowest BCUT2D eigenvalue weighted by atomic mass is 10.3. The number of carbonyl (C=O) groups excluding carboxylic acids is 3. The normalized spacial score (nSPS) is 20.1. The lowest BCUT2D eigenvalue weighted by Crippen LogP contribution is -2.52. The molecule has 7 heteroatoms. The van der Waals surface area contributed by atoms with Gasteiger partial charge in [0.05, 0.1) is 6.54 Å². The second kappa shape index (κ2) is 5.24. The number of ether oxygens (including phenoxy) is 1. The van der Waals surface area contributed by atoms with E-state index in [1.807, 2.05) is 0 Å². The quantitative estimate of drug-likeness (QED) is 0.643. The largest absolute Gasteiger partial charge is 0.448 e. The van der Waals surface area contributed by atoms with Gasteiger partial charge in [-0.25, -0.2) is 4.79 Å². The Labute approximate surface area is 105 Å². The van der Waals surface area contributed by atoms with Crippen molar-refractivity contribution in [3.63, 3.8) is 0 Å². The van der Waals surface area contributed by atoms with Crippen LogP contribution >= 0.6 is 0 Å². The number of nitrogens with zero attached hydrogens (tertiary/aromatic N) is 3. The molecule has 2 fully saturated rings. The van der Waals surface area contributed by atoms with Gasteiger partial charge >= 0.3 is 6.09 Å². The summed E-state index contributed by atoms with van der Waals surface area (Å²) in [6.45, 7) is 4.60. The van der Waals surface area contributed by atoms with Crippen LogP contribution in [0, 0.1) is 0 Å². The third kappa shape index (κ3) is 2.72. The molecule has 2 aliphatic rings. The molecule has 0 aliphatic carbocycles. The first kappa shape index (κ1) is 12.7. The minimum absolute atomic E-state index is 0.0326. The molecule has 100 valence electrons. The topological polar surface area (TPSA) is 70.2 Å². The minimum Gasteiger partial charge on any atom is -0.448 e. The summed E-state index contributed by atoms with van der Waals surface area (Å²) < 4.78 is 4.77. The molecule has 0 spiro atoms. The standard InChI is InChI=1S/C11H17N3O4/c1-9(15)12-2-4-13(5-3-12)10(16)8-14-6-7-18-11(14)17/h2-8H2,1H3. The summed E-state index contributed by atoms with van der Waals surface area (Å²) >= 11 is 0. The molecule has 0 atom stereocenters. The Bertz CT molecular complexity index is 363. The van der Waals surface area contributed by atoms with Crippen LogP contribution in [0.15, 0.2) is 0 Å². The number of amides is 3. The molecule has 0 aromatic rings. The van der Waals surface area contributed by atoms with Gasteiger partial charge in [0.1, 0.15) is 13.2 Å². The zero-order chi connectivity index (χ0) is 13.1. The van der Waals surface area contributed by atoms with Crippen molar-refractivity contribution < 1.29 is 19.1 Å². The highest BCUT2D eigenvalue weighted by molar-refractivity contribution is 5.83. The average molecular weight is 255 g/mol. The monoisotopic (exact) mass is 255 g/mol. The smallest absolute Gasteiger partial charge is 0.410 e. The fourth-order valence-corrected chi connectivity index (χ4v) is 2.10. The summed E-state index contributed by atoms with van der Waals surface area (Å²) in [7, 11) is 0. The van der Waals surface area contributed by atoms with E-state index in [4.69, 9.17) is 4.74 Å². The Hall–Kier alpha value is -1.79. The molecular weight excluding hydrogens is 238 g/mol. The maximum absolute atomic E-state index is 11.9. The molecule has 3 amide bonds. The van der Waals surface area contributed by atoms with E-state index in [-0.39, 0.29) is 18.4 Å². The van der Waals surface area contributed by atoms with Gasteiger partial charge < -0.3 is 14.5 Å². The molecule has 0 saturated carbocycles. The van der Waals surface area contributed by atoms with Gasteiger partial charge in [-0.1, -0.05) is 0 Å². The maximum Gasteiger partial charge on any atom is 0.410 e. The van der Waals surface area contributed by atoms with E-state index in [0.29, 0.717) is 39.3 Å². The zero-order valence-electron chi connectivity index (χ0n) is 10.4. The van der Waals surface area contributed by atoms with Crippen molar-refractivity contribution in [2.45, 2.75) is 6.92 Å². The first-order valence-corrected chi connectivity index (χ1v) is 6.03. The molecule has 0 aromatic carbocycles. The molecule has 0 bridgehead atoms. The van der Waals surface area contributed by atoms with Crippen LogP contribution in [-0.4, -0.2) is 78.5 Å². The van der Waals surface area contributed by atoms with Crippen LogP contribution in [0.5, 0.6) is 0 Å². The van der Waals surface area contributed by atoms with Crippen molar-refractivity contribution in [3.05, 3.63) is 0 Å². The first-order chi connectivity index (χ1) is 8.58. The average Bonchev–Trinajstić information content (AvgIpc) is 2.75. The molecule has 18 heavy (non-hydrogen) atoms. The van der Waals surface area contributed by atoms with Gasteiger partial charge in [-0.3, -0.25) is 14.5 Å². The Morgan fingerprint density at radius 2 is 1.72 bits per heavy atom. The highest BCUT2D eigenvalue weighted by Crippen LogP contribution is 2.06. The second-order valence-corrected chi connectivity index (χ2v) is 4.42. The number of cyclic esters (lactones) is 1. The molecule has 2 saturated heterocycles. The second-order valence-electron chi connectivity index (χ2n) is 4.42. The summed E-state index contributed by atoms with van der Waals surface area (Å²) in [6, 6.07) is 0. The lowest BCUT2D eigenvalue weighted by Gasteiger charge is -2.34. The highest BCUT2D eigenvalue weighted by atomic mass is 16.6. The van der Waals surface area contributed by atoms with E-state index in [1.54, 1.807) is 9.80 Å². The SMILES string of the molecule is CC(=O)N1CCN(C(=O)CN2CCOC2=O)CC1. The van der Waals surface area contributed by atoms with Crippen molar-refractivity contribution in [1.29, 1.82) is 0 Å². The van der Waals surface area contributed by atoms with E-state index in [9.17, 15) is 14.4 Å². The number of hydrogen-bond acceptors (Lipinski definition) is 4. The number of rotatable bonds is 2. The van der Waals surface area contributed by atoms with E-state index >= 15 is 0 Å². The van der Waals surface area contributed by atoms with Crippen molar-refractivity contribution >= 4 is 17.9 Å². The fourth-order valence-electron chi connectivity index (χ4n) is 2.10. The van der Waals surface area contributed by atoms with E-state index < -0.39 is 6.09 Å². The Morgan fingerprint density at radius 1 is 1.11 bits per heavy atom. The lowest BCUT2D eigenvalue weighted by molar-refractivity contribution is -0.138. The number of hydrogen-bond donors (Lipinski definition) is 0. The van der Waals surface area contributed by atoms with Gasteiger partial charge in [0, 0.05) is 33.1 Å². The Morgan fingerprint density at radius 3 is 2.22 bits per heavy atom. The van der Waals surface area contributed by atoms with Crippen LogP contribution in [-0.2, 0) is 14.3 Å². The Balaban J connectivity index is 1.80. The van der Waals surface area contributed by atoms with E-state index in [1.165, 1.54) is 11.8 Å². The summed E-state index contributed by atoms with van der Waals surface area (Å²) in [5, 5.41) is 0. The molecule has 2 heterocycles. The predicted molar refractivity (Wildman–Crippen MR) is 61.8 cm³/mol. The first-order valence-electron chi connectivity index (χ1n) is 6.03. The third-order valence-corrected chi connectivity index (χ3v) is 3.25. The van der Waals surface area contributed by atoms with Crippen LogP contribution in [0.4, 0.5) is 4.79 Å². The van der Waals surface area contributed by atoms with Gasteiger partial charge in [-0.15, -0.1) is 0 Å². The molecule has 0 radical (unpaired) electrons. The van der Waals surface area contributed by atoms with Crippen molar-refractivity contribution in [2.24, 2.45) is 0 Å². The van der Waals surface area contributed by atoms with E-state index in [0.717, 1.165) is 0 Å². The highest BCUT2D eigenvalue weighted by Gasteiger charge is 2.28. The fraction of sp³-hybridized carbons (Fsp3) is 0.727. The minimum atomic E-state index is -0.425. The molecule has 0 aromatic heterocycles. The maximum atomic E-state index is 11.9. The summed E-state index contributed by atoms with van der Waals surface area (Å²) in [5.41, 5.74) is 0. The van der Waals surface area contributed by atoms with Crippen LogP contribution < -0.4 is 0 Å². The van der Waals surface area contributed by atoms with Crippen molar-refractivity contribution in [3.8, 4) is 0 Å². The molecule has 7 nitrogen and oxygen atoms in total. The molecule has 2 rings (SSSR count). The van der Waals surface area contributed by atoms with Gasteiger partial charge in [-0.05, 0) is 0 Å². The third-order valence-electron chi connectivity index (χ3n) is 3.25. The molecule has 2 aliphatic heterocycles. The molecule has 0 N–H and O–H groups in total. The van der Waals surface area contributed by atoms with Crippen molar-refractivity contribution in [2.75, 3.05) is 45.9 Å². The molecular formula is C11H17N3O4. The van der Waals surface area contributed by atoms with Crippen LogP contribution in [0.25, 0.3) is 0 Å². The number of piperazine rings is 1. The summed E-state index contributed by atoms with van der Waals surface area (Å²) in [6.07, 6.45) is -0.425. The molecule has 0 unspecified atom stereocenters. The van der Waals surface area contributed by atoms with Gasteiger partial charge in [0.2, 0.25) is 11.8 Å². The van der Waals surface area contributed by atoms with Crippen molar-refractivity contribution in [1.82, 2.24) is 14.7 Å². The van der Waals surface area contributed by atoms with Crippen LogP contribution in [0.3, 0.4) is 0 Å². The van der Waals surface area contributed by atoms with Gasteiger partial charge in [0.15, 0.2) is 0 Å². The summed E-state index contributed by atoms with van der Waals surface area (Å²) in [5.74, 6) is -0.0535. The van der Waals surface area contributed by atoms with Crippen LogP contribution in [0.2, 0.25) is 0 Å². The van der Waals surface area contributed by atoms with Crippen LogP contribution in [0.1, 0.15) is 6.92 Å². The Kier molecular flexibility index (Phi) is 3.69. The van der Waals surface area contributed by atoms with Gasteiger partial charge in [0.25, 0.3) is 0 Å². The summed E-state index contributed by atoms with van der Waals surface area (Å²) in [4.78, 5) is 39.1. The van der Waals surface area contributed by atoms with Gasteiger partial charge in [-0.2, -0.15) is 0 Å².